The maximum atomic E-state index is 9.55. The predicted octanol–water partition coefficient (Wildman–Crippen LogP) is 2.72. The molecule has 2 aromatic rings. The van der Waals surface area contributed by atoms with Gasteiger partial charge >= 0.3 is 0 Å². The monoisotopic (exact) mass is 294 g/mol. The molecule has 0 saturated heterocycles. The molecule has 20 heavy (non-hydrogen) atoms. The minimum atomic E-state index is -0.216. The highest BCUT2D eigenvalue weighted by molar-refractivity contribution is 6.30. The zero-order valence-corrected chi connectivity index (χ0v) is 13.2. The van der Waals surface area contributed by atoms with Crippen LogP contribution < -0.4 is 0 Å². The van der Waals surface area contributed by atoms with Gasteiger partial charge in [-0.3, -0.25) is 0 Å². The Morgan fingerprint density at radius 1 is 1.20 bits per heavy atom. The molecule has 108 valence electrons. The molecule has 2 rings (SSSR count). The van der Waals surface area contributed by atoms with Crippen LogP contribution in [0.2, 0.25) is 5.15 Å². The van der Waals surface area contributed by atoms with E-state index >= 15 is 0 Å². The highest BCUT2D eigenvalue weighted by Crippen LogP contribution is 2.31. The lowest BCUT2D eigenvalue weighted by Gasteiger charge is -2.16. The highest BCUT2D eigenvalue weighted by Gasteiger charge is 2.26. The number of aryl methyl sites for hydroxylation is 2. The summed E-state index contributed by atoms with van der Waals surface area (Å²) in [5.74, 6) is 0.428. The summed E-state index contributed by atoms with van der Waals surface area (Å²) in [5, 5.41) is 14.4. The van der Waals surface area contributed by atoms with Gasteiger partial charge < -0.3 is 5.11 Å². The van der Waals surface area contributed by atoms with E-state index in [4.69, 9.17) is 11.6 Å². The number of halogens is 1. The van der Waals surface area contributed by atoms with Crippen LogP contribution in [0.25, 0.3) is 5.95 Å². The van der Waals surface area contributed by atoms with Crippen molar-refractivity contribution in [3.05, 3.63) is 33.9 Å². The standard InChI is InChI=1S/C14H19ClN4O/c1-8-6-9(2)17-13(16-8)19-12(15)10(7-20)11(18-19)14(3,4)5/h6,20H,7H2,1-5H3. The number of nitrogens with zero attached hydrogens (tertiary/aromatic N) is 4. The first-order chi connectivity index (χ1) is 9.24. The SMILES string of the molecule is Cc1cc(C)nc(-n2nc(C(C)(C)C)c(CO)c2Cl)n1. The first kappa shape index (κ1) is 14.9. The van der Waals surface area contributed by atoms with Crippen molar-refractivity contribution in [2.75, 3.05) is 0 Å². The fourth-order valence-electron chi connectivity index (χ4n) is 2.11. The minimum absolute atomic E-state index is 0.157. The molecule has 0 spiro atoms. The van der Waals surface area contributed by atoms with Gasteiger partial charge in [-0.05, 0) is 19.9 Å². The van der Waals surface area contributed by atoms with Gasteiger partial charge in [-0.1, -0.05) is 32.4 Å². The first-order valence-electron chi connectivity index (χ1n) is 6.45. The number of hydrogen-bond acceptors (Lipinski definition) is 4. The molecule has 5 nitrogen and oxygen atoms in total. The lowest BCUT2D eigenvalue weighted by Crippen LogP contribution is -2.15. The van der Waals surface area contributed by atoms with Crippen molar-refractivity contribution in [3.8, 4) is 5.95 Å². The third-order valence-corrected chi connectivity index (χ3v) is 3.34. The molecule has 0 fully saturated rings. The summed E-state index contributed by atoms with van der Waals surface area (Å²) in [6.07, 6.45) is 0. The normalized spacial score (nSPS) is 11.9. The van der Waals surface area contributed by atoms with E-state index < -0.39 is 0 Å². The molecule has 2 aromatic heterocycles. The largest absolute Gasteiger partial charge is 0.391 e. The van der Waals surface area contributed by atoms with Crippen molar-refractivity contribution in [1.82, 2.24) is 19.7 Å². The molecule has 0 atom stereocenters. The fourth-order valence-corrected chi connectivity index (χ4v) is 2.37. The van der Waals surface area contributed by atoms with Gasteiger partial charge in [0.05, 0.1) is 12.3 Å². The van der Waals surface area contributed by atoms with Gasteiger partial charge in [0.25, 0.3) is 5.95 Å². The highest BCUT2D eigenvalue weighted by atomic mass is 35.5. The van der Waals surface area contributed by atoms with E-state index in [2.05, 4.69) is 15.1 Å². The van der Waals surface area contributed by atoms with E-state index in [9.17, 15) is 5.11 Å². The van der Waals surface area contributed by atoms with Crippen LogP contribution in [0, 0.1) is 13.8 Å². The Kier molecular flexibility index (Phi) is 3.84. The second-order valence-corrected chi connectivity index (χ2v) is 6.25. The predicted molar refractivity (Wildman–Crippen MR) is 78.3 cm³/mol. The first-order valence-corrected chi connectivity index (χ1v) is 6.83. The number of aliphatic hydroxyl groups is 1. The maximum absolute atomic E-state index is 9.55. The van der Waals surface area contributed by atoms with E-state index in [1.54, 1.807) is 0 Å². The summed E-state index contributed by atoms with van der Waals surface area (Å²) in [7, 11) is 0. The Labute approximate surface area is 123 Å². The minimum Gasteiger partial charge on any atom is -0.391 e. The molecule has 0 amide bonds. The second-order valence-electron chi connectivity index (χ2n) is 5.89. The molecule has 0 aromatic carbocycles. The molecule has 0 unspecified atom stereocenters. The van der Waals surface area contributed by atoms with Crippen LogP contribution >= 0.6 is 11.6 Å². The molecule has 0 bridgehead atoms. The average Bonchev–Trinajstić information content (AvgIpc) is 2.64. The molecule has 0 saturated carbocycles. The summed E-state index contributed by atoms with van der Waals surface area (Å²) in [6, 6.07) is 1.89. The maximum Gasteiger partial charge on any atom is 0.252 e. The fraction of sp³-hybridized carbons (Fsp3) is 0.500. The van der Waals surface area contributed by atoms with Crippen molar-refractivity contribution in [3.63, 3.8) is 0 Å². The Balaban J connectivity index is 2.66. The molecule has 1 N–H and O–H groups in total. The third kappa shape index (κ3) is 2.69. The Hall–Kier alpha value is -1.46. The van der Waals surface area contributed by atoms with Crippen LogP contribution in [0.1, 0.15) is 43.4 Å². The van der Waals surface area contributed by atoms with Crippen molar-refractivity contribution in [2.24, 2.45) is 0 Å². The zero-order chi connectivity index (χ0) is 15.1. The smallest absolute Gasteiger partial charge is 0.252 e. The number of hydrogen-bond donors (Lipinski definition) is 1. The van der Waals surface area contributed by atoms with Gasteiger partial charge in [-0.15, -0.1) is 0 Å². The number of aromatic nitrogens is 4. The van der Waals surface area contributed by atoms with Crippen molar-refractivity contribution < 1.29 is 5.11 Å². The Morgan fingerprint density at radius 2 is 1.75 bits per heavy atom. The second kappa shape index (κ2) is 5.14. The van der Waals surface area contributed by atoms with Crippen LogP contribution in [0.15, 0.2) is 6.07 Å². The Bertz CT molecular complexity index is 623. The van der Waals surface area contributed by atoms with Crippen molar-refractivity contribution in [2.45, 2.75) is 46.6 Å². The quantitative estimate of drug-likeness (QED) is 0.925. The molecule has 0 radical (unpaired) electrons. The van der Waals surface area contributed by atoms with E-state index in [-0.39, 0.29) is 12.0 Å². The Morgan fingerprint density at radius 3 is 2.15 bits per heavy atom. The molecule has 0 aliphatic carbocycles. The summed E-state index contributed by atoms with van der Waals surface area (Å²) in [6.45, 7) is 9.71. The number of rotatable bonds is 2. The summed E-state index contributed by atoms with van der Waals surface area (Å²) in [4.78, 5) is 8.72. The van der Waals surface area contributed by atoms with Gasteiger partial charge in [0, 0.05) is 22.4 Å². The van der Waals surface area contributed by atoms with Crippen LogP contribution in [-0.2, 0) is 12.0 Å². The lowest BCUT2D eigenvalue weighted by atomic mass is 9.90. The molecule has 6 heteroatoms. The number of aliphatic hydroxyl groups excluding tert-OH is 1. The third-order valence-electron chi connectivity index (χ3n) is 2.95. The van der Waals surface area contributed by atoms with Crippen LogP contribution in [0.4, 0.5) is 0 Å². The lowest BCUT2D eigenvalue weighted by molar-refractivity contribution is 0.278. The van der Waals surface area contributed by atoms with Gasteiger partial charge in [0.1, 0.15) is 5.15 Å². The van der Waals surface area contributed by atoms with Gasteiger partial charge in [-0.25, -0.2) is 9.97 Å². The van der Waals surface area contributed by atoms with E-state index in [1.165, 1.54) is 4.68 Å². The zero-order valence-electron chi connectivity index (χ0n) is 12.4. The van der Waals surface area contributed by atoms with Crippen LogP contribution in [-0.4, -0.2) is 24.9 Å². The molecule has 2 heterocycles. The van der Waals surface area contributed by atoms with Gasteiger partial charge in [0.15, 0.2) is 0 Å². The average molecular weight is 295 g/mol. The molecule has 0 aliphatic rings. The van der Waals surface area contributed by atoms with Crippen molar-refractivity contribution >= 4 is 11.6 Å². The van der Waals surface area contributed by atoms with Crippen LogP contribution in [0.5, 0.6) is 0 Å². The van der Waals surface area contributed by atoms with Crippen molar-refractivity contribution in [1.29, 1.82) is 0 Å². The molecule has 0 aliphatic heterocycles. The van der Waals surface area contributed by atoms with Gasteiger partial charge in [0.2, 0.25) is 0 Å². The summed E-state index contributed by atoms with van der Waals surface area (Å²) >= 11 is 6.34. The summed E-state index contributed by atoms with van der Waals surface area (Å²) in [5.41, 5.74) is 2.87. The van der Waals surface area contributed by atoms with E-state index in [1.807, 2.05) is 40.7 Å². The topological polar surface area (TPSA) is 63.8 Å². The van der Waals surface area contributed by atoms with Crippen LogP contribution in [0.3, 0.4) is 0 Å². The van der Waals surface area contributed by atoms with E-state index in [0.717, 1.165) is 17.1 Å². The molecular formula is C14H19ClN4O. The van der Waals surface area contributed by atoms with E-state index in [0.29, 0.717) is 16.7 Å². The molecular weight excluding hydrogens is 276 g/mol. The summed E-state index contributed by atoms with van der Waals surface area (Å²) < 4.78 is 1.49. The van der Waals surface area contributed by atoms with Gasteiger partial charge in [-0.2, -0.15) is 9.78 Å².